The summed E-state index contributed by atoms with van der Waals surface area (Å²) in [6.07, 6.45) is 3.54. The minimum atomic E-state index is 0.578. The summed E-state index contributed by atoms with van der Waals surface area (Å²) in [5.41, 5.74) is 2.46. The Morgan fingerprint density at radius 1 is 1.24 bits per heavy atom. The molecular formula is C14H21NO2. The van der Waals surface area contributed by atoms with Crippen LogP contribution in [0.3, 0.4) is 0 Å². The van der Waals surface area contributed by atoms with Gasteiger partial charge in [0.2, 0.25) is 0 Å². The monoisotopic (exact) mass is 235 g/mol. The molecule has 0 amide bonds. The van der Waals surface area contributed by atoms with Crippen LogP contribution < -0.4 is 14.8 Å². The van der Waals surface area contributed by atoms with Gasteiger partial charge in [0.05, 0.1) is 14.2 Å². The van der Waals surface area contributed by atoms with Crippen LogP contribution in [0.1, 0.15) is 24.0 Å². The normalized spacial score (nSPS) is 19.4. The zero-order valence-electron chi connectivity index (χ0n) is 10.9. The summed E-state index contributed by atoms with van der Waals surface area (Å²) in [6.45, 7) is 3.24. The van der Waals surface area contributed by atoms with Crippen molar-refractivity contribution in [3.63, 3.8) is 0 Å². The standard InChI is InChI=1S/C14H21NO2/c1-10-12(9-11-5-4-8-15-11)14(17-3)7-6-13(10)16-2/h6-7,11,15H,4-5,8-9H2,1-3H3. The molecule has 3 nitrogen and oxygen atoms in total. The topological polar surface area (TPSA) is 30.5 Å². The maximum absolute atomic E-state index is 5.45. The highest BCUT2D eigenvalue weighted by Gasteiger charge is 2.19. The van der Waals surface area contributed by atoms with Crippen LogP contribution in [0.5, 0.6) is 11.5 Å². The highest BCUT2D eigenvalue weighted by atomic mass is 16.5. The molecule has 0 aromatic heterocycles. The molecule has 17 heavy (non-hydrogen) atoms. The molecule has 1 fully saturated rings. The Balaban J connectivity index is 2.27. The zero-order valence-corrected chi connectivity index (χ0v) is 10.9. The molecule has 1 unspecified atom stereocenters. The third-order valence-corrected chi connectivity index (χ3v) is 3.56. The Morgan fingerprint density at radius 3 is 2.53 bits per heavy atom. The SMILES string of the molecule is COc1ccc(OC)c(CC2CCCN2)c1C. The van der Waals surface area contributed by atoms with Gasteiger partial charge in [0.1, 0.15) is 11.5 Å². The molecule has 1 aliphatic heterocycles. The van der Waals surface area contributed by atoms with Crippen LogP contribution in [-0.4, -0.2) is 26.8 Å². The van der Waals surface area contributed by atoms with E-state index in [1.54, 1.807) is 14.2 Å². The van der Waals surface area contributed by atoms with Gasteiger partial charge >= 0.3 is 0 Å². The van der Waals surface area contributed by atoms with Crippen LogP contribution >= 0.6 is 0 Å². The van der Waals surface area contributed by atoms with Gasteiger partial charge in [-0.05, 0) is 50.4 Å². The van der Waals surface area contributed by atoms with Gasteiger partial charge in [0, 0.05) is 11.6 Å². The van der Waals surface area contributed by atoms with Crippen LogP contribution in [-0.2, 0) is 6.42 Å². The molecule has 1 saturated heterocycles. The minimum Gasteiger partial charge on any atom is -0.496 e. The predicted octanol–water partition coefficient (Wildman–Crippen LogP) is 2.31. The van der Waals surface area contributed by atoms with Crippen LogP contribution in [0, 0.1) is 6.92 Å². The number of nitrogens with one attached hydrogen (secondary N) is 1. The maximum atomic E-state index is 5.45. The largest absolute Gasteiger partial charge is 0.496 e. The van der Waals surface area contributed by atoms with Crippen LogP contribution in [0.25, 0.3) is 0 Å². The number of rotatable bonds is 4. The lowest BCUT2D eigenvalue weighted by molar-refractivity contribution is 0.393. The highest BCUT2D eigenvalue weighted by Crippen LogP contribution is 2.31. The minimum absolute atomic E-state index is 0.578. The van der Waals surface area contributed by atoms with E-state index in [-0.39, 0.29) is 0 Å². The van der Waals surface area contributed by atoms with Crippen molar-refractivity contribution in [2.45, 2.75) is 32.2 Å². The molecule has 3 heteroatoms. The van der Waals surface area contributed by atoms with Crippen molar-refractivity contribution in [2.75, 3.05) is 20.8 Å². The van der Waals surface area contributed by atoms with E-state index in [0.717, 1.165) is 24.5 Å². The van der Waals surface area contributed by atoms with Crippen molar-refractivity contribution in [1.82, 2.24) is 5.32 Å². The quantitative estimate of drug-likeness (QED) is 0.868. The van der Waals surface area contributed by atoms with Gasteiger partial charge < -0.3 is 14.8 Å². The maximum Gasteiger partial charge on any atom is 0.122 e. The van der Waals surface area contributed by atoms with E-state index >= 15 is 0 Å². The van der Waals surface area contributed by atoms with Crippen LogP contribution in [0.4, 0.5) is 0 Å². The summed E-state index contributed by atoms with van der Waals surface area (Å²) in [6, 6.07) is 4.55. The van der Waals surface area contributed by atoms with E-state index < -0.39 is 0 Å². The number of hydrogen-bond donors (Lipinski definition) is 1. The lowest BCUT2D eigenvalue weighted by atomic mass is 9.98. The fourth-order valence-corrected chi connectivity index (χ4v) is 2.55. The Kier molecular flexibility index (Phi) is 3.89. The van der Waals surface area contributed by atoms with Gasteiger partial charge in [-0.3, -0.25) is 0 Å². The van der Waals surface area contributed by atoms with Crippen molar-refractivity contribution in [1.29, 1.82) is 0 Å². The third-order valence-electron chi connectivity index (χ3n) is 3.56. The number of methoxy groups -OCH3 is 2. The first-order valence-electron chi connectivity index (χ1n) is 6.20. The Hall–Kier alpha value is -1.22. The molecule has 0 aliphatic carbocycles. The van der Waals surface area contributed by atoms with E-state index in [1.807, 2.05) is 12.1 Å². The molecule has 0 bridgehead atoms. The summed E-state index contributed by atoms with van der Waals surface area (Å²) < 4.78 is 10.8. The molecule has 0 saturated carbocycles. The average Bonchev–Trinajstić information content (AvgIpc) is 2.84. The van der Waals surface area contributed by atoms with Gasteiger partial charge in [-0.25, -0.2) is 0 Å². The molecule has 1 atom stereocenters. The van der Waals surface area contributed by atoms with Gasteiger partial charge in [-0.1, -0.05) is 0 Å². The molecule has 1 N–H and O–H groups in total. The van der Waals surface area contributed by atoms with E-state index in [0.29, 0.717) is 6.04 Å². The van der Waals surface area contributed by atoms with E-state index in [9.17, 15) is 0 Å². The summed E-state index contributed by atoms with van der Waals surface area (Å²) in [5.74, 6) is 1.91. The van der Waals surface area contributed by atoms with E-state index in [4.69, 9.17) is 9.47 Å². The number of benzene rings is 1. The number of hydrogen-bond acceptors (Lipinski definition) is 3. The molecule has 1 heterocycles. The predicted molar refractivity (Wildman–Crippen MR) is 69.0 cm³/mol. The fourth-order valence-electron chi connectivity index (χ4n) is 2.55. The van der Waals surface area contributed by atoms with Crippen molar-refractivity contribution in [3.05, 3.63) is 23.3 Å². The second-order valence-corrected chi connectivity index (χ2v) is 4.57. The van der Waals surface area contributed by atoms with Crippen molar-refractivity contribution in [3.8, 4) is 11.5 Å². The lowest BCUT2D eigenvalue weighted by Crippen LogP contribution is -2.24. The smallest absolute Gasteiger partial charge is 0.122 e. The molecule has 0 radical (unpaired) electrons. The second kappa shape index (κ2) is 5.41. The first kappa shape index (κ1) is 12.2. The summed E-state index contributed by atoms with van der Waals surface area (Å²) >= 11 is 0. The molecule has 2 rings (SSSR count). The van der Waals surface area contributed by atoms with Gasteiger partial charge in [-0.15, -0.1) is 0 Å². The molecule has 1 aliphatic rings. The van der Waals surface area contributed by atoms with Crippen molar-refractivity contribution >= 4 is 0 Å². The Bertz CT molecular complexity index is 384. The van der Waals surface area contributed by atoms with Crippen LogP contribution in [0.15, 0.2) is 12.1 Å². The number of ether oxygens (including phenoxy) is 2. The molecule has 94 valence electrons. The van der Waals surface area contributed by atoms with Gasteiger partial charge in [-0.2, -0.15) is 0 Å². The fraction of sp³-hybridized carbons (Fsp3) is 0.571. The van der Waals surface area contributed by atoms with Gasteiger partial charge in [0.15, 0.2) is 0 Å². The Labute approximate surface area is 103 Å². The third kappa shape index (κ3) is 2.55. The first-order valence-corrected chi connectivity index (χ1v) is 6.20. The second-order valence-electron chi connectivity index (χ2n) is 4.57. The summed E-state index contributed by atoms with van der Waals surface area (Å²) in [7, 11) is 3.44. The van der Waals surface area contributed by atoms with Crippen molar-refractivity contribution in [2.24, 2.45) is 0 Å². The Morgan fingerprint density at radius 2 is 1.94 bits per heavy atom. The molecule has 0 spiro atoms. The average molecular weight is 235 g/mol. The van der Waals surface area contributed by atoms with E-state index in [1.165, 1.54) is 24.0 Å². The zero-order chi connectivity index (χ0) is 12.3. The first-order chi connectivity index (χ1) is 8.26. The summed E-state index contributed by atoms with van der Waals surface area (Å²) in [4.78, 5) is 0. The summed E-state index contributed by atoms with van der Waals surface area (Å²) in [5, 5.41) is 3.52. The van der Waals surface area contributed by atoms with Gasteiger partial charge in [0.25, 0.3) is 0 Å². The lowest BCUT2D eigenvalue weighted by Gasteiger charge is -2.17. The van der Waals surface area contributed by atoms with Crippen LogP contribution in [0.2, 0.25) is 0 Å². The molecular weight excluding hydrogens is 214 g/mol. The molecule has 1 aromatic carbocycles. The molecule has 1 aromatic rings. The van der Waals surface area contributed by atoms with Crippen molar-refractivity contribution < 1.29 is 9.47 Å². The highest BCUT2D eigenvalue weighted by molar-refractivity contribution is 5.48. The van der Waals surface area contributed by atoms with E-state index in [2.05, 4.69) is 12.2 Å².